The molecule has 0 saturated heterocycles. The molecule has 0 aliphatic carbocycles. The average molecular weight is 298 g/mol. The molecule has 0 aliphatic rings. The Morgan fingerprint density at radius 2 is 1.77 bits per heavy atom. The van der Waals surface area contributed by atoms with Gasteiger partial charge in [-0.15, -0.1) is 0 Å². The number of hydrogen-bond donors (Lipinski definition) is 2. The Bertz CT molecular complexity index is 640. The molecule has 2 N–H and O–H groups in total. The minimum Gasteiger partial charge on any atom is -0.352 e. The summed E-state index contributed by atoms with van der Waals surface area (Å²) >= 11 is 0. The molecule has 5 heteroatoms. The second-order valence-electron chi connectivity index (χ2n) is 5.62. The monoisotopic (exact) mass is 298 g/mol. The lowest BCUT2D eigenvalue weighted by atomic mass is 10.1. The van der Waals surface area contributed by atoms with Gasteiger partial charge in [-0.05, 0) is 39.3 Å². The average Bonchev–Trinajstić information content (AvgIpc) is 2.46. The van der Waals surface area contributed by atoms with Crippen molar-refractivity contribution in [2.45, 2.75) is 39.8 Å². The number of benzene rings is 1. The predicted molar refractivity (Wildman–Crippen MR) is 87.9 cm³/mol. The van der Waals surface area contributed by atoms with Gasteiger partial charge in [-0.1, -0.05) is 30.3 Å². The topological polar surface area (TPSA) is 66.9 Å². The zero-order valence-electron chi connectivity index (χ0n) is 13.4. The predicted octanol–water partition coefficient (Wildman–Crippen LogP) is 3.10. The van der Waals surface area contributed by atoms with Crippen LogP contribution >= 0.6 is 0 Å². The third kappa shape index (κ3) is 4.28. The summed E-state index contributed by atoms with van der Waals surface area (Å²) in [4.78, 5) is 21.0. The van der Waals surface area contributed by atoms with Crippen molar-refractivity contribution in [3.8, 4) is 0 Å². The van der Waals surface area contributed by atoms with Crippen molar-refractivity contribution in [1.82, 2.24) is 15.3 Å². The van der Waals surface area contributed by atoms with Gasteiger partial charge < -0.3 is 10.6 Å². The standard InChI is InChI=1S/C17H22N4O/c1-11(2)18-17-19-12(3)10-15(21-17)16(22)20-13(4)14-8-6-5-7-9-14/h5-11,13H,1-4H3,(H,20,22)(H,18,19,21). The third-order valence-corrected chi connectivity index (χ3v) is 3.15. The molecule has 0 saturated carbocycles. The normalized spacial score (nSPS) is 12.0. The summed E-state index contributed by atoms with van der Waals surface area (Å²) in [5.74, 6) is 0.279. The molecule has 0 aliphatic heterocycles. The van der Waals surface area contributed by atoms with E-state index < -0.39 is 0 Å². The van der Waals surface area contributed by atoms with Crippen LogP contribution in [0.4, 0.5) is 5.95 Å². The SMILES string of the molecule is Cc1cc(C(=O)NC(C)c2ccccc2)nc(NC(C)C)n1. The maximum Gasteiger partial charge on any atom is 0.270 e. The Morgan fingerprint density at radius 3 is 2.41 bits per heavy atom. The lowest BCUT2D eigenvalue weighted by molar-refractivity contribution is 0.0934. The molecule has 1 unspecified atom stereocenters. The summed E-state index contributed by atoms with van der Waals surface area (Å²) in [6.45, 7) is 7.81. The number of rotatable bonds is 5. The molecule has 0 bridgehead atoms. The van der Waals surface area contributed by atoms with Gasteiger partial charge in [0.1, 0.15) is 5.69 Å². The van der Waals surface area contributed by atoms with Crippen LogP contribution in [-0.4, -0.2) is 21.9 Å². The molecule has 5 nitrogen and oxygen atoms in total. The molecule has 2 aromatic rings. The van der Waals surface area contributed by atoms with Crippen LogP contribution in [0.2, 0.25) is 0 Å². The number of amides is 1. The first-order valence-electron chi connectivity index (χ1n) is 7.43. The van der Waals surface area contributed by atoms with Crippen LogP contribution in [0.5, 0.6) is 0 Å². The Kier molecular flexibility index (Phi) is 5.09. The fraction of sp³-hybridized carbons (Fsp3) is 0.353. The molecule has 2 rings (SSSR count). The molecular weight excluding hydrogens is 276 g/mol. The number of nitrogens with one attached hydrogen (secondary N) is 2. The van der Waals surface area contributed by atoms with E-state index in [-0.39, 0.29) is 18.0 Å². The van der Waals surface area contributed by atoms with E-state index in [1.165, 1.54) is 0 Å². The summed E-state index contributed by atoms with van der Waals surface area (Å²) in [5.41, 5.74) is 2.19. The molecule has 1 aromatic carbocycles. The minimum atomic E-state index is -0.200. The number of aromatic nitrogens is 2. The summed E-state index contributed by atoms with van der Waals surface area (Å²) in [6, 6.07) is 11.7. The van der Waals surface area contributed by atoms with Gasteiger partial charge in [0.25, 0.3) is 5.91 Å². The summed E-state index contributed by atoms with van der Waals surface area (Å²) < 4.78 is 0. The van der Waals surface area contributed by atoms with E-state index in [1.807, 2.05) is 58.0 Å². The molecular formula is C17H22N4O. The van der Waals surface area contributed by atoms with E-state index in [0.29, 0.717) is 11.6 Å². The van der Waals surface area contributed by atoms with Crippen LogP contribution in [0.15, 0.2) is 36.4 Å². The fourth-order valence-electron chi connectivity index (χ4n) is 2.10. The molecule has 0 fully saturated rings. The highest BCUT2D eigenvalue weighted by atomic mass is 16.1. The van der Waals surface area contributed by atoms with Crippen molar-refractivity contribution in [2.75, 3.05) is 5.32 Å². The van der Waals surface area contributed by atoms with Gasteiger partial charge in [-0.3, -0.25) is 4.79 Å². The maximum atomic E-state index is 12.4. The summed E-state index contributed by atoms with van der Waals surface area (Å²) in [6.07, 6.45) is 0. The van der Waals surface area contributed by atoms with E-state index in [4.69, 9.17) is 0 Å². The van der Waals surface area contributed by atoms with E-state index in [1.54, 1.807) is 6.07 Å². The van der Waals surface area contributed by atoms with Crippen molar-refractivity contribution in [3.63, 3.8) is 0 Å². The first kappa shape index (κ1) is 15.9. The van der Waals surface area contributed by atoms with Crippen molar-refractivity contribution >= 4 is 11.9 Å². The number of hydrogen-bond acceptors (Lipinski definition) is 4. The Hall–Kier alpha value is -2.43. The van der Waals surface area contributed by atoms with Crippen LogP contribution < -0.4 is 10.6 Å². The first-order chi connectivity index (χ1) is 10.5. The minimum absolute atomic E-state index is 0.0783. The van der Waals surface area contributed by atoms with E-state index in [9.17, 15) is 4.79 Å². The largest absolute Gasteiger partial charge is 0.352 e. The van der Waals surface area contributed by atoms with Gasteiger partial charge in [0.05, 0.1) is 6.04 Å². The first-order valence-corrected chi connectivity index (χ1v) is 7.43. The molecule has 1 atom stereocenters. The van der Waals surface area contributed by atoms with Crippen LogP contribution in [0.25, 0.3) is 0 Å². The lowest BCUT2D eigenvalue weighted by Crippen LogP contribution is -2.28. The fourth-order valence-corrected chi connectivity index (χ4v) is 2.10. The summed E-state index contributed by atoms with van der Waals surface area (Å²) in [5, 5.41) is 6.09. The zero-order chi connectivity index (χ0) is 16.1. The third-order valence-electron chi connectivity index (χ3n) is 3.15. The van der Waals surface area contributed by atoms with Crippen molar-refractivity contribution < 1.29 is 4.79 Å². The number of carbonyl (C=O) groups is 1. The number of anilines is 1. The molecule has 1 aromatic heterocycles. The van der Waals surface area contributed by atoms with Gasteiger partial charge in [0.2, 0.25) is 5.95 Å². The Labute approximate surface area is 131 Å². The number of aryl methyl sites for hydroxylation is 1. The molecule has 1 heterocycles. The lowest BCUT2D eigenvalue weighted by Gasteiger charge is -2.15. The second kappa shape index (κ2) is 7.02. The molecule has 0 radical (unpaired) electrons. The van der Waals surface area contributed by atoms with Crippen LogP contribution in [-0.2, 0) is 0 Å². The quantitative estimate of drug-likeness (QED) is 0.890. The maximum absolute atomic E-state index is 12.4. The van der Waals surface area contributed by atoms with E-state index in [2.05, 4.69) is 20.6 Å². The van der Waals surface area contributed by atoms with Crippen LogP contribution in [0, 0.1) is 6.92 Å². The van der Waals surface area contributed by atoms with Gasteiger partial charge >= 0.3 is 0 Å². The van der Waals surface area contributed by atoms with Gasteiger partial charge in [0, 0.05) is 11.7 Å². The molecule has 0 spiro atoms. The Morgan fingerprint density at radius 1 is 1.09 bits per heavy atom. The number of carbonyl (C=O) groups excluding carboxylic acids is 1. The molecule has 1 amide bonds. The van der Waals surface area contributed by atoms with Crippen molar-refractivity contribution in [3.05, 3.63) is 53.3 Å². The van der Waals surface area contributed by atoms with E-state index in [0.717, 1.165) is 11.3 Å². The highest BCUT2D eigenvalue weighted by Crippen LogP contribution is 2.13. The second-order valence-corrected chi connectivity index (χ2v) is 5.62. The van der Waals surface area contributed by atoms with Crippen molar-refractivity contribution in [1.29, 1.82) is 0 Å². The van der Waals surface area contributed by atoms with Gasteiger partial charge in [-0.2, -0.15) is 0 Å². The Balaban J connectivity index is 2.14. The van der Waals surface area contributed by atoms with Crippen LogP contribution in [0.1, 0.15) is 48.6 Å². The summed E-state index contributed by atoms with van der Waals surface area (Å²) in [7, 11) is 0. The van der Waals surface area contributed by atoms with Crippen LogP contribution in [0.3, 0.4) is 0 Å². The van der Waals surface area contributed by atoms with E-state index >= 15 is 0 Å². The highest BCUT2D eigenvalue weighted by molar-refractivity contribution is 5.92. The highest BCUT2D eigenvalue weighted by Gasteiger charge is 2.14. The number of nitrogens with zero attached hydrogens (tertiary/aromatic N) is 2. The smallest absolute Gasteiger partial charge is 0.270 e. The molecule has 22 heavy (non-hydrogen) atoms. The molecule has 116 valence electrons. The van der Waals surface area contributed by atoms with Gasteiger partial charge in [0.15, 0.2) is 0 Å². The van der Waals surface area contributed by atoms with Gasteiger partial charge in [-0.25, -0.2) is 9.97 Å². The van der Waals surface area contributed by atoms with Crippen molar-refractivity contribution in [2.24, 2.45) is 0 Å². The zero-order valence-corrected chi connectivity index (χ0v) is 13.4.